The van der Waals surface area contributed by atoms with Crippen LogP contribution in [0.15, 0.2) is 30.3 Å². The summed E-state index contributed by atoms with van der Waals surface area (Å²) < 4.78 is 0. The summed E-state index contributed by atoms with van der Waals surface area (Å²) >= 11 is 0. The molecule has 0 atom stereocenters. The second kappa shape index (κ2) is 5.37. The van der Waals surface area contributed by atoms with Crippen molar-refractivity contribution in [2.75, 3.05) is 0 Å². The van der Waals surface area contributed by atoms with E-state index < -0.39 is 0 Å². The number of hydrogen-bond donors (Lipinski definition) is 0. The minimum absolute atomic E-state index is 0. The molecule has 1 radical (unpaired) electrons. The Hall–Kier alpha value is 0.622. The maximum absolute atomic E-state index is 7.67. The molecule has 0 unspecified atom stereocenters. The molecule has 0 aliphatic carbocycles. The van der Waals surface area contributed by atoms with Crippen molar-refractivity contribution >= 4 is 0 Å². The summed E-state index contributed by atoms with van der Waals surface area (Å²) in [5.74, 6) is 0. The number of nitrogens with one attached hydrogen (secondary N) is 1. The van der Waals surface area contributed by atoms with Crippen molar-refractivity contribution < 1.29 is 44.1 Å². The van der Waals surface area contributed by atoms with E-state index in [4.69, 9.17) is 5.73 Å². The molecule has 0 spiro atoms. The van der Waals surface area contributed by atoms with Gasteiger partial charge in [0.2, 0.25) is 0 Å². The van der Waals surface area contributed by atoms with Gasteiger partial charge in [0.05, 0.1) is 0 Å². The first-order valence-corrected chi connectivity index (χ1v) is 3.87. The Kier molecular flexibility index (Phi) is 5.65. The van der Waals surface area contributed by atoms with Crippen LogP contribution in [0.5, 0.6) is 0 Å². The van der Waals surface area contributed by atoms with Gasteiger partial charge in [-0.15, -0.1) is 5.54 Å². The van der Waals surface area contributed by atoms with Gasteiger partial charge < -0.3 is 5.73 Å². The van der Waals surface area contributed by atoms with Crippen LogP contribution in [0.2, 0.25) is 0 Å². The fourth-order valence-corrected chi connectivity index (χ4v) is 1.11. The summed E-state index contributed by atoms with van der Waals surface area (Å²) in [7, 11) is 0. The fraction of sp³-hybridized carbons (Fsp3) is 0.400. The van der Waals surface area contributed by atoms with E-state index in [-0.39, 0.29) is 49.6 Å². The smallest absolute Gasteiger partial charge is 0 e. The maximum atomic E-state index is 7.67. The van der Waals surface area contributed by atoms with Crippen LogP contribution in [0.3, 0.4) is 0 Å². The largest absolute Gasteiger partial charge is 0.672 e. The Morgan fingerprint density at radius 3 is 2.08 bits per heavy atom. The van der Waals surface area contributed by atoms with E-state index in [1.165, 1.54) is 5.56 Å². The quantitative estimate of drug-likeness (QED) is 0.759. The summed E-state index contributed by atoms with van der Waals surface area (Å²) in [6.07, 6.45) is 0.827. The fourth-order valence-electron chi connectivity index (χ4n) is 1.11. The summed E-state index contributed by atoms with van der Waals surface area (Å²) in [6, 6.07) is 10.2. The van der Waals surface area contributed by atoms with Gasteiger partial charge in [0.1, 0.15) is 0 Å². The topological polar surface area (TPSA) is 23.8 Å². The van der Waals surface area contributed by atoms with Gasteiger partial charge in [-0.1, -0.05) is 44.2 Å². The number of benzene rings is 1. The molecule has 0 heterocycles. The molecule has 0 bridgehead atoms. The van der Waals surface area contributed by atoms with Gasteiger partial charge in [0, 0.05) is 44.1 Å². The van der Waals surface area contributed by atoms with Crippen LogP contribution in [0.25, 0.3) is 5.73 Å². The summed E-state index contributed by atoms with van der Waals surface area (Å²) in [5, 5.41) is 0. The van der Waals surface area contributed by atoms with Gasteiger partial charge in [-0.25, -0.2) is 0 Å². The predicted molar refractivity (Wildman–Crippen MR) is 48.5 cm³/mol. The molecule has 63 valence electrons. The summed E-state index contributed by atoms with van der Waals surface area (Å²) in [6.45, 7) is 3.86. The monoisotopic (exact) mass is 375 g/mol. The van der Waals surface area contributed by atoms with Gasteiger partial charge in [0.15, 0.2) is 0 Å². The van der Waals surface area contributed by atoms with Crippen molar-refractivity contribution in [1.82, 2.24) is 0 Å². The molecule has 0 fully saturated rings. The molecule has 2 heteroatoms. The van der Waals surface area contributed by atoms with Gasteiger partial charge in [-0.3, -0.25) is 0 Å². The van der Waals surface area contributed by atoms with Gasteiger partial charge in [-0.2, -0.15) is 0 Å². The van der Waals surface area contributed by atoms with Crippen LogP contribution in [0, 0.1) is 44.1 Å². The van der Waals surface area contributed by atoms with E-state index >= 15 is 0 Å². The minimum Gasteiger partial charge on any atom is -0.672 e. The van der Waals surface area contributed by atoms with Crippen molar-refractivity contribution in [1.29, 1.82) is 0 Å². The molecule has 1 aromatic carbocycles. The third kappa shape index (κ3) is 5.30. The Balaban J connectivity index is 0.00000121. The normalized spacial score (nSPS) is 10.6. The first-order chi connectivity index (χ1) is 5.08. The van der Waals surface area contributed by atoms with Crippen LogP contribution < -0.4 is 0 Å². The molecule has 1 nitrogen and oxygen atoms in total. The van der Waals surface area contributed by atoms with Crippen LogP contribution >= 0.6 is 0 Å². The molecule has 1 aromatic rings. The van der Waals surface area contributed by atoms with Gasteiger partial charge in [0.25, 0.3) is 0 Å². The molecule has 1 N–H and O–H groups in total. The first-order valence-electron chi connectivity index (χ1n) is 3.87. The second-order valence-electron chi connectivity index (χ2n) is 3.55. The summed E-state index contributed by atoms with van der Waals surface area (Å²) in [4.78, 5) is 0. The number of rotatable bonds is 2. The molecule has 0 aromatic heterocycles. The van der Waals surface area contributed by atoms with Crippen LogP contribution in [0.1, 0.15) is 19.4 Å². The van der Waals surface area contributed by atoms with E-state index in [0.717, 1.165) is 6.42 Å². The van der Waals surface area contributed by atoms with E-state index in [1.807, 2.05) is 32.0 Å². The van der Waals surface area contributed by atoms with Crippen molar-refractivity contribution in [2.45, 2.75) is 25.8 Å². The molecular formula is C10H14AcN-. The van der Waals surface area contributed by atoms with Crippen LogP contribution in [-0.2, 0) is 6.42 Å². The SMILES string of the molecule is CC(C)([NH-])Cc1ccccc1.[Ac]. The van der Waals surface area contributed by atoms with E-state index in [2.05, 4.69) is 12.1 Å². The first kappa shape index (κ1) is 12.6. The molecule has 0 aliphatic rings. The van der Waals surface area contributed by atoms with Crippen LogP contribution in [0.4, 0.5) is 0 Å². The molecule has 1 rings (SSSR count). The van der Waals surface area contributed by atoms with Crippen molar-refractivity contribution in [3.05, 3.63) is 41.6 Å². The number of hydrogen-bond acceptors (Lipinski definition) is 0. The zero-order valence-corrected chi connectivity index (χ0v) is 12.4. The molecule has 0 aliphatic heterocycles. The Morgan fingerprint density at radius 2 is 1.67 bits per heavy atom. The Labute approximate surface area is 110 Å². The zero-order valence-electron chi connectivity index (χ0n) is 7.67. The second-order valence-corrected chi connectivity index (χ2v) is 3.55. The van der Waals surface area contributed by atoms with Crippen molar-refractivity contribution in [3.63, 3.8) is 0 Å². The standard InChI is InChI=1S/C10H14N.Ac/c1-10(2,11)8-9-6-4-3-5-7-9;/h3-7,11H,8H2,1-2H3;/q-1;. The van der Waals surface area contributed by atoms with E-state index in [0.29, 0.717) is 0 Å². The predicted octanol–water partition coefficient (Wildman–Crippen LogP) is 3.06. The molecular weight excluding hydrogens is 361 g/mol. The van der Waals surface area contributed by atoms with Gasteiger partial charge in [-0.05, 0) is 12.0 Å². The van der Waals surface area contributed by atoms with E-state index in [1.54, 1.807) is 0 Å². The van der Waals surface area contributed by atoms with Gasteiger partial charge >= 0.3 is 0 Å². The molecule has 0 saturated carbocycles. The molecule has 0 amide bonds. The summed E-state index contributed by atoms with van der Waals surface area (Å²) in [5.41, 5.74) is 8.57. The maximum Gasteiger partial charge on any atom is 0 e. The van der Waals surface area contributed by atoms with Crippen molar-refractivity contribution in [3.8, 4) is 0 Å². The minimum atomic E-state index is -0.346. The Bertz CT molecular complexity index is 213. The molecule has 0 saturated heterocycles. The third-order valence-electron chi connectivity index (χ3n) is 1.49. The van der Waals surface area contributed by atoms with E-state index in [9.17, 15) is 0 Å². The third-order valence-corrected chi connectivity index (χ3v) is 1.49. The van der Waals surface area contributed by atoms with Crippen LogP contribution in [-0.4, -0.2) is 5.54 Å². The van der Waals surface area contributed by atoms with Crippen molar-refractivity contribution in [2.24, 2.45) is 0 Å². The molecule has 12 heavy (non-hydrogen) atoms. The zero-order chi connectivity index (χ0) is 8.32. The average Bonchev–Trinajstić information content (AvgIpc) is 1.85. The Morgan fingerprint density at radius 1 is 1.17 bits per heavy atom. The average molecular weight is 375 g/mol.